The van der Waals surface area contributed by atoms with E-state index in [2.05, 4.69) is 5.32 Å². The van der Waals surface area contributed by atoms with Crippen molar-refractivity contribution in [1.29, 1.82) is 0 Å². The monoisotopic (exact) mass is 277 g/mol. The van der Waals surface area contributed by atoms with Crippen LogP contribution in [0.2, 0.25) is 5.02 Å². The minimum absolute atomic E-state index is 0.453. The van der Waals surface area contributed by atoms with Crippen LogP contribution in [0.4, 0.5) is 10.5 Å². The molecule has 2 aromatic rings. The zero-order valence-electron chi connectivity index (χ0n) is 10.2. The number of carbonyl (C=O) groups is 1. The molecule has 5 heteroatoms. The van der Waals surface area contributed by atoms with E-state index in [0.29, 0.717) is 16.5 Å². The molecule has 0 radical (unpaired) electrons. The van der Waals surface area contributed by atoms with Gasteiger partial charge in [-0.15, -0.1) is 0 Å². The third-order valence-corrected chi connectivity index (χ3v) is 2.84. The lowest BCUT2D eigenvalue weighted by Gasteiger charge is -2.11. The van der Waals surface area contributed by atoms with E-state index in [9.17, 15) is 4.79 Å². The number of methoxy groups -OCH3 is 1. The van der Waals surface area contributed by atoms with Crippen LogP contribution in [0.5, 0.6) is 5.75 Å². The van der Waals surface area contributed by atoms with Crippen LogP contribution in [0.3, 0.4) is 0 Å². The highest BCUT2D eigenvalue weighted by Gasteiger charge is 2.09. The van der Waals surface area contributed by atoms with Gasteiger partial charge in [-0.2, -0.15) is 0 Å². The first-order valence-corrected chi connectivity index (χ1v) is 5.92. The summed E-state index contributed by atoms with van der Waals surface area (Å²) in [5, 5.41) is 11.8. The van der Waals surface area contributed by atoms with Crippen LogP contribution < -0.4 is 10.1 Å². The molecule has 0 aliphatic heterocycles. The maximum absolute atomic E-state index is 10.8. The second-order valence-electron chi connectivity index (χ2n) is 3.85. The molecule has 0 fully saturated rings. The van der Waals surface area contributed by atoms with Crippen molar-refractivity contribution >= 4 is 23.4 Å². The topological polar surface area (TPSA) is 58.6 Å². The molecule has 0 spiro atoms. The molecule has 0 aliphatic carbocycles. The lowest BCUT2D eigenvalue weighted by atomic mass is 10.0. The van der Waals surface area contributed by atoms with Crippen LogP contribution in [-0.2, 0) is 0 Å². The average molecular weight is 278 g/mol. The lowest BCUT2D eigenvalue weighted by Crippen LogP contribution is -2.08. The molecule has 0 atom stereocenters. The number of carboxylic acid groups (broad SMARTS) is 1. The molecule has 0 unspecified atom stereocenters. The first-order chi connectivity index (χ1) is 9.10. The Morgan fingerprint density at radius 1 is 1.26 bits per heavy atom. The quantitative estimate of drug-likeness (QED) is 0.888. The van der Waals surface area contributed by atoms with E-state index in [-0.39, 0.29) is 0 Å². The van der Waals surface area contributed by atoms with Crippen LogP contribution >= 0.6 is 11.6 Å². The number of benzene rings is 2. The summed E-state index contributed by atoms with van der Waals surface area (Å²) >= 11 is 5.95. The summed E-state index contributed by atoms with van der Waals surface area (Å²) in [6, 6.07) is 12.4. The summed E-state index contributed by atoms with van der Waals surface area (Å²) in [7, 11) is 1.53. The number of halogens is 1. The summed E-state index contributed by atoms with van der Waals surface area (Å²) in [4.78, 5) is 10.8. The van der Waals surface area contributed by atoms with E-state index >= 15 is 0 Å². The zero-order chi connectivity index (χ0) is 13.8. The van der Waals surface area contributed by atoms with Crippen LogP contribution in [0.1, 0.15) is 0 Å². The number of anilines is 1. The molecule has 0 aromatic heterocycles. The molecule has 1 amide bonds. The minimum atomic E-state index is -1.13. The van der Waals surface area contributed by atoms with Crippen molar-refractivity contribution in [3.63, 3.8) is 0 Å². The Balaban J connectivity index is 2.52. The van der Waals surface area contributed by atoms with Gasteiger partial charge in [-0.25, -0.2) is 4.79 Å². The molecule has 0 saturated heterocycles. The molecule has 98 valence electrons. The highest BCUT2D eigenvalue weighted by atomic mass is 35.5. The molecule has 4 nitrogen and oxygen atoms in total. The Morgan fingerprint density at radius 2 is 2.05 bits per heavy atom. The first kappa shape index (κ1) is 13.2. The number of hydrogen-bond acceptors (Lipinski definition) is 2. The van der Waals surface area contributed by atoms with Crippen molar-refractivity contribution in [2.45, 2.75) is 0 Å². The highest BCUT2D eigenvalue weighted by molar-refractivity contribution is 6.30. The van der Waals surface area contributed by atoms with Crippen molar-refractivity contribution in [3.8, 4) is 16.9 Å². The third kappa shape index (κ3) is 3.17. The fourth-order valence-electron chi connectivity index (χ4n) is 1.78. The SMILES string of the molecule is COc1ccc(-c2cccc(Cl)c2)c(NC(=O)O)c1. The molecular weight excluding hydrogens is 266 g/mol. The summed E-state index contributed by atoms with van der Waals surface area (Å²) in [5.74, 6) is 0.578. The molecule has 0 heterocycles. The molecule has 19 heavy (non-hydrogen) atoms. The number of nitrogens with one attached hydrogen (secondary N) is 1. The van der Waals surface area contributed by atoms with Crippen molar-refractivity contribution < 1.29 is 14.6 Å². The van der Waals surface area contributed by atoms with Crippen LogP contribution in [0.25, 0.3) is 11.1 Å². The van der Waals surface area contributed by atoms with Crippen molar-refractivity contribution in [2.75, 3.05) is 12.4 Å². The molecule has 0 saturated carbocycles. The van der Waals surface area contributed by atoms with Gasteiger partial charge < -0.3 is 9.84 Å². The minimum Gasteiger partial charge on any atom is -0.497 e. The summed E-state index contributed by atoms with van der Waals surface area (Å²) in [6.07, 6.45) is -1.13. The maximum atomic E-state index is 10.8. The average Bonchev–Trinajstić information content (AvgIpc) is 2.38. The smallest absolute Gasteiger partial charge is 0.409 e. The van der Waals surface area contributed by atoms with Crippen molar-refractivity contribution in [1.82, 2.24) is 0 Å². The van der Waals surface area contributed by atoms with Gasteiger partial charge in [0.05, 0.1) is 12.8 Å². The van der Waals surface area contributed by atoms with Crippen molar-refractivity contribution in [2.24, 2.45) is 0 Å². The van der Waals surface area contributed by atoms with E-state index in [4.69, 9.17) is 21.4 Å². The Hall–Kier alpha value is -2.20. The van der Waals surface area contributed by atoms with Gasteiger partial charge in [0.25, 0.3) is 0 Å². The number of hydrogen-bond donors (Lipinski definition) is 2. The van der Waals surface area contributed by atoms with Crippen LogP contribution in [0.15, 0.2) is 42.5 Å². The highest BCUT2D eigenvalue weighted by Crippen LogP contribution is 2.32. The normalized spacial score (nSPS) is 10.0. The van der Waals surface area contributed by atoms with Crippen molar-refractivity contribution in [3.05, 3.63) is 47.5 Å². The molecule has 2 aromatic carbocycles. The van der Waals surface area contributed by atoms with E-state index in [0.717, 1.165) is 11.1 Å². The van der Waals surface area contributed by atoms with Gasteiger partial charge in [-0.1, -0.05) is 23.7 Å². The van der Waals surface area contributed by atoms with Gasteiger partial charge in [-0.05, 0) is 29.8 Å². The second-order valence-corrected chi connectivity index (χ2v) is 4.29. The summed E-state index contributed by atoms with van der Waals surface area (Å²) in [5.41, 5.74) is 2.03. The van der Waals surface area contributed by atoms with Gasteiger partial charge in [-0.3, -0.25) is 5.32 Å². The Bertz CT molecular complexity index is 613. The van der Waals surface area contributed by atoms with E-state index in [1.165, 1.54) is 7.11 Å². The van der Waals surface area contributed by atoms with E-state index in [1.54, 1.807) is 30.3 Å². The fraction of sp³-hybridized carbons (Fsp3) is 0.0714. The first-order valence-electron chi connectivity index (χ1n) is 5.54. The van der Waals surface area contributed by atoms with Crippen LogP contribution in [-0.4, -0.2) is 18.3 Å². The lowest BCUT2D eigenvalue weighted by molar-refractivity contribution is 0.210. The molecular formula is C14H12ClNO3. The maximum Gasteiger partial charge on any atom is 0.409 e. The summed E-state index contributed by atoms with van der Waals surface area (Å²) in [6.45, 7) is 0. The number of ether oxygens (including phenoxy) is 1. The molecule has 2 rings (SSSR count). The third-order valence-electron chi connectivity index (χ3n) is 2.60. The van der Waals surface area contributed by atoms with Gasteiger partial charge in [0, 0.05) is 16.7 Å². The van der Waals surface area contributed by atoms with Gasteiger partial charge >= 0.3 is 6.09 Å². The largest absolute Gasteiger partial charge is 0.497 e. The Morgan fingerprint density at radius 3 is 2.68 bits per heavy atom. The predicted octanol–water partition coefficient (Wildman–Crippen LogP) is 4.11. The number of rotatable bonds is 3. The predicted molar refractivity (Wildman–Crippen MR) is 75.1 cm³/mol. The number of amides is 1. The summed E-state index contributed by atoms with van der Waals surface area (Å²) < 4.78 is 5.09. The van der Waals surface area contributed by atoms with Gasteiger partial charge in [0.2, 0.25) is 0 Å². The van der Waals surface area contributed by atoms with E-state index in [1.807, 2.05) is 12.1 Å². The Kier molecular flexibility index (Phi) is 3.92. The molecule has 0 bridgehead atoms. The van der Waals surface area contributed by atoms with Crippen LogP contribution in [0, 0.1) is 0 Å². The fourth-order valence-corrected chi connectivity index (χ4v) is 1.97. The van der Waals surface area contributed by atoms with Gasteiger partial charge in [0.15, 0.2) is 0 Å². The molecule has 0 aliphatic rings. The second kappa shape index (κ2) is 5.63. The Labute approximate surface area is 115 Å². The van der Waals surface area contributed by atoms with E-state index < -0.39 is 6.09 Å². The molecule has 2 N–H and O–H groups in total. The standard InChI is InChI=1S/C14H12ClNO3/c1-19-11-5-6-12(13(8-11)16-14(17)18)9-3-2-4-10(15)7-9/h2-8,16H,1H3,(H,17,18). The van der Waals surface area contributed by atoms with Gasteiger partial charge in [0.1, 0.15) is 5.75 Å². The zero-order valence-corrected chi connectivity index (χ0v) is 10.9.